The third-order valence-electron chi connectivity index (χ3n) is 4.58. The molecule has 0 aromatic heterocycles. The van der Waals surface area contributed by atoms with Gasteiger partial charge in [-0.05, 0) is 49.8 Å². The number of nitrogens with zero attached hydrogens (tertiary/aromatic N) is 2. The zero-order valence-electron chi connectivity index (χ0n) is 13.1. The van der Waals surface area contributed by atoms with E-state index in [4.69, 9.17) is 5.26 Å². The van der Waals surface area contributed by atoms with Crippen LogP contribution in [-0.2, 0) is 4.79 Å². The molecule has 5 nitrogen and oxygen atoms in total. The normalized spacial score (nSPS) is 20.7. The van der Waals surface area contributed by atoms with Gasteiger partial charge in [-0.25, -0.2) is 0 Å². The first-order valence-corrected chi connectivity index (χ1v) is 8.24. The molecular formula is C18H21N3O2. The second kappa shape index (κ2) is 6.82. The van der Waals surface area contributed by atoms with Crippen molar-refractivity contribution >= 4 is 11.8 Å². The van der Waals surface area contributed by atoms with E-state index in [1.165, 1.54) is 12.8 Å². The van der Waals surface area contributed by atoms with Crippen molar-refractivity contribution in [2.75, 3.05) is 19.6 Å². The molecule has 1 aromatic rings. The largest absolute Gasteiger partial charge is 0.356 e. The van der Waals surface area contributed by atoms with Crippen LogP contribution in [0, 0.1) is 23.2 Å². The summed E-state index contributed by atoms with van der Waals surface area (Å²) >= 11 is 0. The Morgan fingerprint density at radius 2 is 2.13 bits per heavy atom. The maximum absolute atomic E-state index is 12.6. The van der Waals surface area contributed by atoms with Gasteiger partial charge in [0.2, 0.25) is 5.91 Å². The molecule has 1 aliphatic carbocycles. The number of likely N-dealkylation sites (tertiary alicyclic amines) is 1. The second-order valence-corrected chi connectivity index (χ2v) is 6.47. The molecule has 0 radical (unpaired) electrons. The molecule has 0 bridgehead atoms. The smallest absolute Gasteiger partial charge is 0.253 e. The molecule has 1 aromatic carbocycles. The summed E-state index contributed by atoms with van der Waals surface area (Å²) in [5, 5.41) is 12.0. The first-order chi connectivity index (χ1) is 11.2. The van der Waals surface area contributed by atoms with Crippen LogP contribution in [0.3, 0.4) is 0 Å². The minimum Gasteiger partial charge on any atom is -0.356 e. The summed E-state index contributed by atoms with van der Waals surface area (Å²) in [7, 11) is 0. The number of amides is 2. The number of nitriles is 1. The first kappa shape index (κ1) is 15.5. The number of rotatable bonds is 4. The van der Waals surface area contributed by atoms with Crippen LogP contribution in [0.4, 0.5) is 0 Å². The number of hydrogen-bond donors (Lipinski definition) is 1. The monoisotopic (exact) mass is 311 g/mol. The summed E-state index contributed by atoms with van der Waals surface area (Å²) in [5.41, 5.74) is 0.995. The van der Waals surface area contributed by atoms with Gasteiger partial charge in [0.1, 0.15) is 0 Å². The Morgan fingerprint density at radius 3 is 2.87 bits per heavy atom. The summed E-state index contributed by atoms with van der Waals surface area (Å²) in [4.78, 5) is 26.6. The molecule has 1 saturated carbocycles. The van der Waals surface area contributed by atoms with Crippen LogP contribution in [0.25, 0.3) is 0 Å². The Bertz CT molecular complexity index is 646. The summed E-state index contributed by atoms with van der Waals surface area (Å²) in [6, 6.07) is 8.78. The Kier molecular flexibility index (Phi) is 4.61. The molecule has 120 valence electrons. The molecular weight excluding hydrogens is 290 g/mol. The minimum atomic E-state index is -0.120. The zero-order valence-corrected chi connectivity index (χ0v) is 13.1. The minimum absolute atomic E-state index is 0.0696. The van der Waals surface area contributed by atoms with Crippen LogP contribution in [0.1, 0.15) is 41.6 Å². The van der Waals surface area contributed by atoms with Crippen molar-refractivity contribution < 1.29 is 9.59 Å². The van der Waals surface area contributed by atoms with Crippen molar-refractivity contribution in [2.45, 2.75) is 25.7 Å². The first-order valence-electron chi connectivity index (χ1n) is 8.24. The van der Waals surface area contributed by atoms with Crippen LogP contribution in [0.15, 0.2) is 24.3 Å². The van der Waals surface area contributed by atoms with E-state index in [1.54, 1.807) is 29.2 Å². The third kappa shape index (κ3) is 3.89. The van der Waals surface area contributed by atoms with E-state index >= 15 is 0 Å². The van der Waals surface area contributed by atoms with Crippen molar-refractivity contribution in [1.82, 2.24) is 10.2 Å². The predicted molar refractivity (Wildman–Crippen MR) is 85.5 cm³/mol. The van der Waals surface area contributed by atoms with Gasteiger partial charge in [0.05, 0.1) is 17.6 Å². The zero-order chi connectivity index (χ0) is 16.2. The second-order valence-electron chi connectivity index (χ2n) is 6.47. The van der Waals surface area contributed by atoms with Gasteiger partial charge >= 0.3 is 0 Å². The maximum Gasteiger partial charge on any atom is 0.253 e. The van der Waals surface area contributed by atoms with Gasteiger partial charge in [-0.3, -0.25) is 9.59 Å². The molecule has 5 heteroatoms. The quantitative estimate of drug-likeness (QED) is 0.923. The van der Waals surface area contributed by atoms with Gasteiger partial charge in [-0.15, -0.1) is 0 Å². The van der Waals surface area contributed by atoms with Gasteiger partial charge in [-0.1, -0.05) is 6.07 Å². The Hall–Kier alpha value is -2.35. The summed E-state index contributed by atoms with van der Waals surface area (Å²) in [6.45, 7) is 1.90. The Labute approximate surface area is 136 Å². The SMILES string of the molecule is N#Cc1cccc(C(=O)N2CCC[C@@H](C(=O)NCC3CC3)C2)c1. The number of carbonyl (C=O) groups excluding carboxylic acids is 2. The highest BCUT2D eigenvalue weighted by molar-refractivity contribution is 5.95. The highest BCUT2D eigenvalue weighted by Gasteiger charge is 2.30. The molecule has 0 unspecified atom stereocenters. The van der Waals surface area contributed by atoms with Gasteiger partial charge in [0.25, 0.3) is 5.91 Å². The van der Waals surface area contributed by atoms with E-state index in [-0.39, 0.29) is 17.7 Å². The fourth-order valence-corrected chi connectivity index (χ4v) is 2.99. The third-order valence-corrected chi connectivity index (χ3v) is 4.58. The van der Waals surface area contributed by atoms with Gasteiger partial charge < -0.3 is 10.2 Å². The molecule has 1 N–H and O–H groups in total. The number of carbonyl (C=O) groups is 2. The van der Waals surface area contributed by atoms with E-state index in [2.05, 4.69) is 11.4 Å². The standard InChI is InChI=1S/C18H21N3O2/c19-10-14-3-1-4-15(9-14)18(23)21-8-2-5-16(12-21)17(22)20-11-13-6-7-13/h1,3-4,9,13,16H,2,5-8,11-12H2,(H,20,22)/t16-/m1/s1. The van der Waals surface area contributed by atoms with E-state index in [1.807, 2.05) is 0 Å². The Balaban J connectivity index is 1.61. The average molecular weight is 311 g/mol. The van der Waals surface area contributed by atoms with Gasteiger partial charge in [-0.2, -0.15) is 5.26 Å². The van der Waals surface area contributed by atoms with Crippen molar-refractivity contribution in [3.05, 3.63) is 35.4 Å². The molecule has 2 fully saturated rings. The summed E-state index contributed by atoms with van der Waals surface area (Å²) in [6.07, 6.45) is 4.10. The van der Waals surface area contributed by atoms with E-state index < -0.39 is 0 Å². The fraction of sp³-hybridized carbons (Fsp3) is 0.500. The topological polar surface area (TPSA) is 73.2 Å². The van der Waals surface area contributed by atoms with Crippen LogP contribution < -0.4 is 5.32 Å². The summed E-state index contributed by atoms with van der Waals surface area (Å²) in [5.74, 6) is 0.515. The fourth-order valence-electron chi connectivity index (χ4n) is 2.99. The number of benzene rings is 1. The molecule has 1 heterocycles. The molecule has 1 saturated heterocycles. The molecule has 0 spiro atoms. The summed E-state index contributed by atoms with van der Waals surface area (Å²) < 4.78 is 0. The Morgan fingerprint density at radius 1 is 1.30 bits per heavy atom. The highest BCUT2D eigenvalue weighted by Crippen LogP contribution is 2.28. The van der Waals surface area contributed by atoms with Crippen molar-refractivity contribution in [2.24, 2.45) is 11.8 Å². The van der Waals surface area contributed by atoms with Gasteiger partial charge in [0, 0.05) is 25.2 Å². The molecule has 2 aliphatic rings. The molecule has 2 amide bonds. The van der Waals surface area contributed by atoms with Crippen molar-refractivity contribution in [1.29, 1.82) is 5.26 Å². The molecule has 23 heavy (non-hydrogen) atoms. The van der Waals surface area contributed by atoms with Crippen molar-refractivity contribution in [3.63, 3.8) is 0 Å². The number of piperidine rings is 1. The average Bonchev–Trinajstić information content (AvgIpc) is 3.43. The van der Waals surface area contributed by atoms with E-state index in [9.17, 15) is 9.59 Å². The van der Waals surface area contributed by atoms with Crippen LogP contribution >= 0.6 is 0 Å². The lowest BCUT2D eigenvalue weighted by molar-refractivity contribution is -0.126. The molecule has 1 aliphatic heterocycles. The number of hydrogen-bond acceptors (Lipinski definition) is 3. The predicted octanol–water partition coefficient (Wildman–Crippen LogP) is 1.94. The maximum atomic E-state index is 12.6. The van der Waals surface area contributed by atoms with Crippen LogP contribution in [0.5, 0.6) is 0 Å². The molecule has 3 rings (SSSR count). The van der Waals surface area contributed by atoms with E-state index in [0.717, 1.165) is 19.4 Å². The lowest BCUT2D eigenvalue weighted by Crippen LogP contribution is -2.45. The van der Waals surface area contributed by atoms with Crippen LogP contribution in [0.2, 0.25) is 0 Å². The van der Waals surface area contributed by atoms with Crippen LogP contribution in [-0.4, -0.2) is 36.3 Å². The lowest BCUT2D eigenvalue weighted by atomic mass is 9.96. The van der Waals surface area contributed by atoms with Gasteiger partial charge in [0.15, 0.2) is 0 Å². The number of nitrogens with one attached hydrogen (secondary N) is 1. The lowest BCUT2D eigenvalue weighted by Gasteiger charge is -2.32. The highest BCUT2D eigenvalue weighted by atomic mass is 16.2. The molecule has 1 atom stereocenters. The van der Waals surface area contributed by atoms with E-state index in [0.29, 0.717) is 30.1 Å². The van der Waals surface area contributed by atoms with Crippen molar-refractivity contribution in [3.8, 4) is 6.07 Å².